The highest BCUT2D eigenvalue weighted by atomic mass is 32.2. The van der Waals surface area contributed by atoms with Gasteiger partial charge in [-0.05, 0) is 62.5 Å². The minimum atomic E-state index is -4.77. The number of nitrogens with one attached hydrogen (secondary N) is 1. The fourth-order valence-corrected chi connectivity index (χ4v) is 4.58. The van der Waals surface area contributed by atoms with Gasteiger partial charge in [-0.25, -0.2) is 20.0 Å². The van der Waals surface area contributed by atoms with Crippen LogP contribution in [-0.4, -0.2) is 67.6 Å². The molecule has 2 atom stereocenters. The molecule has 1 N–H and O–H groups in total. The number of allylic oxidation sites excluding steroid dienone is 1. The summed E-state index contributed by atoms with van der Waals surface area (Å²) in [5, 5.41) is 2.82. The zero-order chi connectivity index (χ0) is 30.1. The Hall–Kier alpha value is -3.78. The van der Waals surface area contributed by atoms with Gasteiger partial charge in [-0.3, -0.25) is 14.7 Å². The quantitative estimate of drug-likeness (QED) is 0.459. The highest BCUT2D eigenvalue weighted by Crippen LogP contribution is 2.44. The molecule has 1 saturated carbocycles. The third kappa shape index (κ3) is 6.59. The predicted octanol–water partition coefficient (Wildman–Crippen LogP) is 4.14. The van der Waals surface area contributed by atoms with Crippen molar-refractivity contribution in [3.05, 3.63) is 59.5 Å². The number of methoxy groups -OCH3 is 1. The average molecular weight is 590 g/mol. The van der Waals surface area contributed by atoms with Crippen molar-refractivity contribution in [3.8, 4) is 5.88 Å². The number of halogens is 3. The van der Waals surface area contributed by atoms with E-state index in [0.717, 1.165) is 19.8 Å². The summed E-state index contributed by atoms with van der Waals surface area (Å²) in [4.78, 5) is 36.2. The minimum absolute atomic E-state index is 0.00598. The van der Waals surface area contributed by atoms with Crippen molar-refractivity contribution in [2.75, 3.05) is 13.4 Å². The minimum Gasteiger partial charge on any atom is -0.612 e. The monoisotopic (exact) mass is 589 g/mol. The SMILES string of the molecule is C=C(/N=C1\C(=C(C)C)N=C(NCc2ccc([S+](C)[O-])cn2)C(=O)N1[C@@H](C)C(F)(F)F)c1c(OC)ncnc1C1CC1. The number of rotatable bonds is 8. The van der Waals surface area contributed by atoms with Gasteiger partial charge < -0.3 is 14.6 Å². The van der Waals surface area contributed by atoms with E-state index in [9.17, 15) is 22.5 Å². The fourth-order valence-electron chi connectivity index (χ4n) is 4.12. The molecule has 14 heteroatoms. The van der Waals surface area contributed by atoms with Crippen LogP contribution in [0.3, 0.4) is 0 Å². The first-order chi connectivity index (χ1) is 19.3. The molecule has 1 fully saturated rings. The number of pyridine rings is 1. The van der Waals surface area contributed by atoms with Gasteiger partial charge in [0.25, 0.3) is 5.91 Å². The highest BCUT2D eigenvalue weighted by Gasteiger charge is 2.47. The summed E-state index contributed by atoms with van der Waals surface area (Å²) in [6.07, 6.45) is 1.31. The molecular weight excluding hydrogens is 559 g/mol. The van der Waals surface area contributed by atoms with Crippen LogP contribution in [-0.2, 0) is 22.5 Å². The van der Waals surface area contributed by atoms with Crippen LogP contribution in [0.1, 0.15) is 56.5 Å². The van der Waals surface area contributed by atoms with Crippen LogP contribution in [0, 0.1) is 0 Å². The van der Waals surface area contributed by atoms with Crippen LogP contribution < -0.4 is 10.1 Å². The second-order valence-corrected chi connectivity index (χ2v) is 11.2. The second kappa shape index (κ2) is 12.0. The summed E-state index contributed by atoms with van der Waals surface area (Å²) in [5.41, 5.74) is 2.14. The molecule has 10 nitrogen and oxygen atoms in total. The Labute approximate surface area is 238 Å². The largest absolute Gasteiger partial charge is 0.612 e. The Kier molecular flexibility index (Phi) is 8.83. The molecule has 1 amide bonds. The Morgan fingerprint density at radius 3 is 2.54 bits per heavy atom. The van der Waals surface area contributed by atoms with Gasteiger partial charge in [0.15, 0.2) is 16.6 Å². The molecule has 1 unspecified atom stereocenters. The summed E-state index contributed by atoms with van der Waals surface area (Å²) in [6.45, 7) is 8.20. The first-order valence-corrected chi connectivity index (χ1v) is 14.2. The topological polar surface area (TPSA) is 128 Å². The van der Waals surface area contributed by atoms with Gasteiger partial charge >= 0.3 is 6.18 Å². The molecule has 0 saturated heterocycles. The average Bonchev–Trinajstić information content (AvgIpc) is 3.77. The predicted molar refractivity (Wildman–Crippen MR) is 149 cm³/mol. The van der Waals surface area contributed by atoms with Gasteiger partial charge in [0.2, 0.25) is 5.88 Å². The lowest BCUT2D eigenvalue weighted by Crippen LogP contribution is -2.57. The van der Waals surface area contributed by atoms with E-state index >= 15 is 0 Å². The van der Waals surface area contributed by atoms with E-state index in [-0.39, 0.29) is 41.4 Å². The van der Waals surface area contributed by atoms with Crippen molar-refractivity contribution in [2.24, 2.45) is 9.98 Å². The van der Waals surface area contributed by atoms with E-state index in [1.54, 1.807) is 26.0 Å². The Morgan fingerprint density at radius 2 is 2.00 bits per heavy atom. The molecule has 2 aliphatic rings. The number of aromatic nitrogens is 3. The van der Waals surface area contributed by atoms with Crippen LogP contribution in [0.4, 0.5) is 13.2 Å². The number of nitrogens with zero attached hydrogens (tertiary/aromatic N) is 6. The van der Waals surface area contributed by atoms with E-state index < -0.39 is 29.3 Å². The molecule has 2 aromatic heterocycles. The Bertz CT molecular complexity index is 1430. The first kappa shape index (κ1) is 30.2. The molecular formula is C27H30F3N7O3S. The normalized spacial score (nSPS) is 18.2. The lowest BCUT2D eigenvalue weighted by Gasteiger charge is -2.35. The van der Waals surface area contributed by atoms with Crippen LogP contribution in [0.5, 0.6) is 5.88 Å². The summed E-state index contributed by atoms with van der Waals surface area (Å²) < 4.78 is 59.4. The summed E-state index contributed by atoms with van der Waals surface area (Å²) in [5.74, 6) is -1.30. The maximum atomic E-state index is 14.1. The number of amides is 1. The molecule has 3 heterocycles. The molecule has 0 spiro atoms. The van der Waals surface area contributed by atoms with Crippen LogP contribution in [0.25, 0.3) is 5.70 Å². The zero-order valence-electron chi connectivity index (χ0n) is 23.2. The van der Waals surface area contributed by atoms with Crippen molar-refractivity contribution in [1.29, 1.82) is 0 Å². The molecule has 1 aliphatic heterocycles. The van der Waals surface area contributed by atoms with Crippen molar-refractivity contribution in [1.82, 2.24) is 25.2 Å². The summed E-state index contributed by atoms with van der Waals surface area (Å²) >= 11 is -1.22. The van der Waals surface area contributed by atoms with Gasteiger partial charge in [0, 0.05) is 5.92 Å². The van der Waals surface area contributed by atoms with Crippen molar-refractivity contribution < 1.29 is 27.3 Å². The third-order valence-electron chi connectivity index (χ3n) is 6.51. The van der Waals surface area contributed by atoms with Gasteiger partial charge in [-0.15, -0.1) is 0 Å². The molecule has 41 heavy (non-hydrogen) atoms. The number of ether oxygens (including phenoxy) is 1. The number of carbonyl (C=O) groups excluding carboxylic acids is 1. The van der Waals surface area contributed by atoms with Crippen LogP contribution in [0.15, 0.2) is 57.4 Å². The zero-order valence-corrected chi connectivity index (χ0v) is 24.1. The number of hydrogen-bond donors (Lipinski definition) is 1. The molecule has 0 radical (unpaired) electrons. The first-order valence-electron chi connectivity index (χ1n) is 12.7. The lowest BCUT2D eigenvalue weighted by atomic mass is 10.1. The van der Waals surface area contributed by atoms with Crippen molar-refractivity contribution >= 4 is 34.5 Å². The van der Waals surface area contributed by atoms with E-state index in [1.807, 2.05) is 0 Å². The maximum absolute atomic E-state index is 14.1. The number of alkyl halides is 3. The van der Waals surface area contributed by atoms with Crippen LogP contribution in [0.2, 0.25) is 0 Å². The fraction of sp³-hybridized carbons (Fsp3) is 0.407. The standard InChI is InChI=1S/C27H30F3N7O3S/c1-14(2)21-24(35-15(3)20-22(17-7-8-17)33-13-34-25(20)40-5)37(16(4)27(28,29)30)26(38)23(36-21)32-11-18-9-10-19(12-31-18)41(6)39/h9-10,12-13,16-17H,3,7-8,11H2,1-2,4-6H3,(H,32,36)/b35-24+/t16-,41?/m0/s1. The van der Waals surface area contributed by atoms with E-state index in [0.29, 0.717) is 32.3 Å². The van der Waals surface area contributed by atoms with Gasteiger partial charge in [-0.1, -0.05) is 6.58 Å². The van der Waals surface area contributed by atoms with Gasteiger partial charge in [-0.2, -0.15) is 13.2 Å². The Balaban J connectivity index is 1.77. The number of amidine groups is 2. The maximum Gasteiger partial charge on any atom is 0.409 e. The third-order valence-corrected chi connectivity index (χ3v) is 7.42. The van der Waals surface area contributed by atoms with Crippen molar-refractivity contribution in [3.63, 3.8) is 0 Å². The molecule has 218 valence electrons. The number of aliphatic imine (C=N–C) groups is 2. The van der Waals surface area contributed by atoms with Gasteiger partial charge in [0.05, 0.1) is 42.5 Å². The van der Waals surface area contributed by atoms with E-state index in [2.05, 4.69) is 36.8 Å². The second-order valence-electron chi connectivity index (χ2n) is 9.79. The molecule has 1 aliphatic carbocycles. The number of carbonyl (C=O) groups is 1. The van der Waals surface area contributed by atoms with E-state index in [4.69, 9.17) is 4.74 Å². The summed E-state index contributed by atoms with van der Waals surface area (Å²) in [6, 6.07) is 0.994. The highest BCUT2D eigenvalue weighted by molar-refractivity contribution is 7.90. The summed E-state index contributed by atoms with van der Waals surface area (Å²) in [7, 11) is 1.42. The van der Waals surface area contributed by atoms with E-state index in [1.165, 1.54) is 25.9 Å². The smallest absolute Gasteiger partial charge is 0.409 e. The van der Waals surface area contributed by atoms with Gasteiger partial charge in [0.1, 0.15) is 24.3 Å². The Morgan fingerprint density at radius 1 is 1.29 bits per heavy atom. The molecule has 0 bridgehead atoms. The molecule has 4 rings (SSSR count). The molecule has 0 aromatic carbocycles. The van der Waals surface area contributed by atoms with Crippen molar-refractivity contribution in [2.45, 2.75) is 63.2 Å². The number of hydrogen-bond acceptors (Lipinski definition) is 9. The van der Waals surface area contributed by atoms with Crippen LogP contribution >= 0.6 is 0 Å². The molecule has 2 aromatic rings. The lowest BCUT2D eigenvalue weighted by molar-refractivity contribution is -0.173.